The number of methoxy groups -OCH3 is 13. The van der Waals surface area contributed by atoms with Gasteiger partial charge in [0, 0.05) is 223 Å². The predicted molar refractivity (Wildman–Crippen MR) is 567 cm³/mol. The molecule has 8 aromatic rings. The van der Waals surface area contributed by atoms with Crippen molar-refractivity contribution in [1.29, 1.82) is 0 Å². The first-order valence-electron chi connectivity index (χ1n) is 50.4. The predicted octanol–water partition coefficient (Wildman–Crippen LogP) is 17.4. The number of ether oxygens (including phenoxy) is 26. The highest BCUT2D eigenvalue weighted by Crippen LogP contribution is 2.46. The minimum Gasteiger partial charge on any atom is -0.507 e. The molecule has 34 nitrogen and oxygen atoms in total. The summed E-state index contributed by atoms with van der Waals surface area (Å²) >= 11 is 0. The second-order valence-corrected chi connectivity index (χ2v) is 37.3. The van der Waals surface area contributed by atoms with Crippen LogP contribution in [-0.2, 0) is 251 Å². The Morgan fingerprint density at radius 3 is 0.329 bits per heavy atom. The van der Waals surface area contributed by atoms with E-state index in [1.807, 2.05) is 118 Å². The number of phenols is 8. The molecule has 0 fully saturated rings. The Kier molecular flexibility index (Phi) is 63.0. The van der Waals surface area contributed by atoms with Crippen molar-refractivity contribution in [2.45, 2.75) is 204 Å². The van der Waals surface area contributed by atoms with Gasteiger partial charge in [0.25, 0.3) is 0 Å². The molecule has 8 N–H and O–H groups in total. The molecule has 0 aliphatic heterocycles. The lowest BCUT2D eigenvalue weighted by Crippen LogP contribution is -2.21. The van der Waals surface area contributed by atoms with Crippen molar-refractivity contribution < 1.29 is 164 Å². The lowest BCUT2D eigenvalue weighted by atomic mass is 9.76. The highest BCUT2D eigenvalue weighted by atomic mass is 16.6. The molecule has 149 heavy (non-hydrogen) atoms. The Balaban J connectivity index is 0.000000350. The van der Waals surface area contributed by atoms with Crippen LogP contribution in [0.4, 0.5) is 0 Å². The summed E-state index contributed by atoms with van der Waals surface area (Å²) < 4.78 is 141. The molecule has 838 valence electrons. The van der Waals surface area contributed by atoms with Gasteiger partial charge < -0.3 is 164 Å². The van der Waals surface area contributed by atoms with Gasteiger partial charge in [0.05, 0.1) is 238 Å². The van der Waals surface area contributed by atoms with E-state index in [9.17, 15) is 40.9 Å². The molecule has 0 saturated carbocycles. The van der Waals surface area contributed by atoms with Gasteiger partial charge in [-0.2, -0.15) is 0 Å². The van der Waals surface area contributed by atoms with Gasteiger partial charge in [-0.1, -0.05) is 55.4 Å². The maximum absolute atomic E-state index is 11.1. The number of aromatic hydroxyl groups is 8. The summed E-state index contributed by atoms with van der Waals surface area (Å²) in [6.45, 7) is 37.4. The van der Waals surface area contributed by atoms with E-state index in [0.717, 1.165) is 44.5 Å². The van der Waals surface area contributed by atoms with Crippen molar-refractivity contribution in [2.24, 2.45) is 0 Å². The average Bonchev–Trinajstić information content (AvgIpc) is 0.780. The molecule has 0 aromatic heterocycles. The van der Waals surface area contributed by atoms with Crippen LogP contribution in [0.25, 0.3) is 0 Å². The highest BCUT2D eigenvalue weighted by Gasteiger charge is 2.34. The summed E-state index contributed by atoms with van der Waals surface area (Å²) in [7, 11) is 20.9. The summed E-state index contributed by atoms with van der Waals surface area (Å²) in [4.78, 5) is 0. The maximum atomic E-state index is 11.1. The first-order chi connectivity index (χ1) is 71.7. The molecular formula is C115H174O34. The van der Waals surface area contributed by atoms with E-state index in [2.05, 4.69) is 55.4 Å². The van der Waals surface area contributed by atoms with Gasteiger partial charge in [0.2, 0.25) is 0 Å². The second kappa shape index (κ2) is 71.9. The third kappa shape index (κ3) is 42.5. The molecule has 0 unspecified atom stereocenters. The first kappa shape index (κ1) is 131. The van der Waals surface area contributed by atoms with Crippen LogP contribution >= 0.6 is 0 Å². The van der Waals surface area contributed by atoms with Crippen molar-refractivity contribution in [3.63, 3.8) is 0 Å². The molecule has 8 aromatic carbocycles. The summed E-state index contributed by atoms with van der Waals surface area (Å²) in [5.41, 5.74) is 16.6. The Labute approximate surface area is 884 Å². The monoisotopic (exact) mass is 2100 g/mol. The standard InChI is InChI=1S/C31H48O10.C29H44O9.C29H44O8.C26H38O7/c1-31(2,27-15-23(19-38-11-7-34-3)29(32)24(16-27)20-39-12-8-35-4)28-17-25(21-40-13-9-36-5)30(33)26(18-28)22-41-14-10-37-6;1-29(2,25-13-21(17-35-6)27(30)22(14-25)18-36-10-7-32-3)26-15-23(19-37-11-8-33-4)28(31)24(16-26)20-38-12-9-34-5;1-7-34-9-11-36-19-23-15-25(13-21(17-32-5)27(23)30)29(3,4)26-14-22(18-33-6)28(31)24(16-26)20-37-12-10-35-8-2;1-7-32-8-9-33-17-21-13-23(12-20(16-31-6)25(21)28)26(2,3)22-10-18(14-29-4)24(27)19(11-22)15-30-5/h15-18,32-33H,7-14,19-22H2,1-6H3;13-16,30-31H,7-12,17-20H2,1-6H3;13-16,30-31H,7-12,17-20H2,1-6H3;10-13,27-28H,7-9,14-17H2,1-6H3. The van der Waals surface area contributed by atoms with Gasteiger partial charge in [0.1, 0.15) is 46.0 Å². The van der Waals surface area contributed by atoms with E-state index in [0.29, 0.717) is 241 Å². The van der Waals surface area contributed by atoms with Gasteiger partial charge in [-0.3, -0.25) is 0 Å². The summed E-state index contributed by atoms with van der Waals surface area (Å²) in [5, 5.41) is 87.1. The minimum atomic E-state index is -0.535. The molecule has 8 rings (SSSR count). The van der Waals surface area contributed by atoms with Crippen LogP contribution in [0.5, 0.6) is 46.0 Å². The molecule has 0 amide bonds. The van der Waals surface area contributed by atoms with Crippen LogP contribution in [0.2, 0.25) is 0 Å². The number of hydrogen-bond donors (Lipinski definition) is 8. The number of hydrogen-bond acceptors (Lipinski definition) is 34. The van der Waals surface area contributed by atoms with Crippen LogP contribution in [0.15, 0.2) is 97.1 Å². The highest BCUT2D eigenvalue weighted by molar-refractivity contribution is 5.58. The minimum absolute atomic E-state index is 0.143. The first-order valence-corrected chi connectivity index (χ1v) is 50.4. The molecule has 34 heteroatoms. The van der Waals surface area contributed by atoms with Crippen LogP contribution in [0.3, 0.4) is 0 Å². The molecule has 0 spiro atoms. The van der Waals surface area contributed by atoms with Gasteiger partial charge in [-0.05, 0) is 162 Å². The Bertz CT molecular complexity index is 4810. The second-order valence-electron chi connectivity index (χ2n) is 37.3. The molecule has 0 aliphatic rings. The lowest BCUT2D eigenvalue weighted by molar-refractivity contribution is 0.0444. The van der Waals surface area contributed by atoms with Gasteiger partial charge >= 0.3 is 0 Å². The zero-order valence-corrected chi connectivity index (χ0v) is 93.0. The molecule has 0 bridgehead atoms. The third-order valence-corrected chi connectivity index (χ3v) is 25.0. The quantitative estimate of drug-likeness (QED) is 0.0164. The Morgan fingerprint density at radius 2 is 0.235 bits per heavy atom. The fourth-order valence-corrected chi connectivity index (χ4v) is 15.9. The summed E-state index contributed by atoms with van der Waals surface area (Å²) in [6.07, 6.45) is 0. The van der Waals surface area contributed by atoms with Crippen LogP contribution in [-0.4, -0.2) is 285 Å². The molecule has 0 aliphatic carbocycles. The molecule has 0 radical (unpaired) electrons. The van der Waals surface area contributed by atoms with Crippen molar-refractivity contribution in [3.05, 3.63) is 231 Å². The van der Waals surface area contributed by atoms with Crippen LogP contribution in [0.1, 0.15) is 210 Å². The average molecular weight is 2100 g/mol. The van der Waals surface area contributed by atoms with Crippen molar-refractivity contribution in [1.82, 2.24) is 0 Å². The van der Waals surface area contributed by atoms with Gasteiger partial charge in [-0.15, -0.1) is 0 Å². The van der Waals surface area contributed by atoms with Gasteiger partial charge in [-0.25, -0.2) is 0 Å². The number of rotatable bonds is 73. The van der Waals surface area contributed by atoms with E-state index in [1.165, 1.54) is 0 Å². The fourth-order valence-electron chi connectivity index (χ4n) is 15.9. The molecule has 0 atom stereocenters. The van der Waals surface area contributed by atoms with E-state index in [-0.39, 0.29) is 152 Å². The SMILES string of the molecule is CCOCCOCc1cc(C(C)(C)c2cc(COC)c(O)c(COC)c2)cc(COC)c1O.CCOCCOCc1cc(C(C)(C)c2cc(COC)c(O)c(COCCOCC)c2)cc(COC)c1O.COCCOCc1cc(C(C)(C)c2cc(COCCOC)c(O)c(COCCOC)c2)cc(COC)c1O.COCCOCc1cc(C(C)(C)c2cc(COCCOC)c(O)c(COCCOC)c2)cc(COCCOC)c1O. The van der Waals surface area contributed by atoms with Crippen molar-refractivity contribution >= 4 is 0 Å². The van der Waals surface area contributed by atoms with E-state index in [4.69, 9.17) is 123 Å². The Hall–Kier alpha value is -8.88. The number of phenolic OH excluding ortho intramolecular Hbond substituents is 8. The van der Waals surface area contributed by atoms with Crippen molar-refractivity contribution in [3.8, 4) is 46.0 Å². The van der Waals surface area contributed by atoms with Crippen molar-refractivity contribution in [2.75, 3.05) is 244 Å². The summed E-state index contributed by atoms with van der Waals surface area (Å²) in [6, 6.07) is 31.3. The maximum Gasteiger partial charge on any atom is 0.126 e. The Morgan fingerprint density at radius 1 is 0.141 bits per heavy atom. The molecule has 0 saturated heterocycles. The van der Waals surface area contributed by atoms with E-state index < -0.39 is 21.7 Å². The van der Waals surface area contributed by atoms with E-state index >= 15 is 0 Å². The van der Waals surface area contributed by atoms with Crippen LogP contribution < -0.4 is 0 Å². The molecular weight excluding hydrogens is 1930 g/mol. The zero-order valence-electron chi connectivity index (χ0n) is 93.0. The van der Waals surface area contributed by atoms with Crippen LogP contribution in [0, 0.1) is 0 Å². The zero-order chi connectivity index (χ0) is 110. The largest absolute Gasteiger partial charge is 0.507 e. The topological polar surface area (TPSA) is 402 Å². The summed E-state index contributed by atoms with van der Waals surface area (Å²) in [5.74, 6) is 1.31. The van der Waals surface area contributed by atoms with Gasteiger partial charge in [0.15, 0.2) is 0 Å². The fraction of sp³-hybridized carbons (Fsp3) is 0.583. The molecule has 0 heterocycles. The number of benzene rings is 8. The third-order valence-electron chi connectivity index (χ3n) is 25.0. The smallest absolute Gasteiger partial charge is 0.126 e. The van der Waals surface area contributed by atoms with E-state index in [1.54, 1.807) is 92.4 Å². The lowest BCUT2D eigenvalue weighted by Gasteiger charge is -2.29. The normalized spacial score (nSPS) is 11.8.